The van der Waals surface area contributed by atoms with Gasteiger partial charge in [0.05, 0.1) is 13.2 Å². The number of hydrogen-bond donors (Lipinski definition) is 1. The number of fused-ring (bicyclic) bond motifs is 2. The summed E-state index contributed by atoms with van der Waals surface area (Å²) in [5, 5.41) is 10.2. The minimum Gasteiger partial charge on any atom is -0.496 e. The SMILES string of the molecule is CCCCC[C@H](O)/C=C/[C@H]1CC[C@@H]2Cc3c(cccc3OC)C[C@@H]21. The highest BCUT2D eigenvalue weighted by atomic mass is 16.5. The molecule has 132 valence electrons. The zero-order valence-electron chi connectivity index (χ0n) is 15.2. The molecule has 4 atom stereocenters. The quantitative estimate of drug-likeness (QED) is 0.568. The van der Waals surface area contributed by atoms with Crippen LogP contribution in [0.2, 0.25) is 0 Å². The van der Waals surface area contributed by atoms with E-state index in [1.54, 1.807) is 7.11 Å². The number of rotatable bonds is 7. The van der Waals surface area contributed by atoms with Crippen molar-refractivity contribution in [3.05, 3.63) is 41.5 Å². The first-order valence-electron chi connectivity index (χ1n) is 9.74. The van der Waals surface area contributed by atoms with Crippen molar-refractivity contribution < 1.29 is 9.84 Å². The van der Waals surface area contributed by atoms with Gasteiger partial charge in [-0.15, -0.1) is 0 Å². The summed E-state index contributed by atoms with van der Waals surface area (Å²) in [4.78, 5) is 0. The van der Waals surface area contributed by atoms with E-state index in [1.807, 2.05) is 0 Å². The van der Waals surface area contributed by atoms with Gasteiger partial charge in [-0.05, 0) is 67.1 Å². The lowest BCUT2D eigenvalue weighted by molar-refractivity contribution is 0.207. The average molecular weight is 328 g/mol. The Hall–Kier alpha value is -1.28. The highest BCUT2D eigenvalue weighted by Gasteiger charge is 2.38. The Morgan fingerprint density at radius 2 is 2.12 bits per heavy atom. The first-order chi connectivity index (χ1) is 11.7. The van der Waals surface area contributed by atoms with Crippen molar-refractivity contribution in [3.8, 4) is 5.75 Å². The van der Waals surface area contributed by atoms with Gasteiger partial charge >= 0.3 is 0 Å². The monoisotopic (exact) mass is 328 g/mol. The highest BCUT2D eigenvalue weighted by molar-refractivity contribution is 5.43. The van der Waals surface area contributed by atoms with Crippen LogP contribution >= 0.6 is 0 Å². The zero-order valence-corrected chi connectivity index (χ0v) is 15.2. The minimum atomic E-state index is -0.258. The van der Waals surface area contributed by atoms with Gasteiger partial charge < -0.3 is 9.84 Å². The predicted octanol–water partition coefficient (Wildman–Crippen LogP) is 4.93. The summed E-state index contributed by atoms with van der Waals surface area (Å²) in [6.45, 7) is 2.21. The van der Waals surface area contributed by atoms with Crippen LogP contribution < -0.4 is 4.74 Å². The fourth-order valence-electron chi connectivity index (χ4n) is 4.71. The van der Waals surface area contributed by atoms with Gasteiger partial charge in [0.15, 0.2) is 0 Å². The van der Waals surface area contributed by atoms with Crippen LogP contribution in [-0.2, 0) is 12.8 Å². The van der Waals surface area contributed by atoms with Crippen molar-refractivity contribution in [1.29, 1.82) is 0 Å². The van der Waals surface area contributed by atoms with Gasteiger partial charge in [0.25, 0.3) is 0 Å². The Labute approximate surface area is 146 Å². The number of allylic oxidation sites excluding steroid dienone is 1. The molecule has 2 aliphatic carbocycles. The number of aliphatic hydroxyl groups excluding tert-OH is 1. The molecule has 1 saturated carbocycles. The van der Waals surface area contributed by atoms with Gasteiger partial charge in [-0.3, -0.25) is 0 Å². The van der Waals surface area contributed by atoms with E-state index < -0.39 is 0 Å². The van der Waals surface area contributed by atoms with Crippen LogP contribution in [0.5, 0.6) is 5.75 Å². The molecular weight excluding hydrogens is 296 g/mol. The number of aliphatic hydroxyl groups is 1. The van der Waals surface area contributed by atoms with Crippen LogP contribution in [0.3, 0.4) is 0 Å². The predicted molar refractivity (Wildman–Crippen MR) is 99.4 cm³/mol. The van der Waals surface area contributed by atoms with E-state index in [9.17, 15) is 5.11 Å². The number of hydrogen-bond acceptors (Lipinski definition) is 2. The molecule has 2 nitrogen and oxygen atoms in total. The van der Waals surface area contributed by atoms with Crippen molar-refractivity contribution in [2.45, 2.75) is 64.4 Å². The molecule has 2 aliphatic rings. The standard InChI is InChI=1S/C22H32O2/c1-3-4-5-8-19(23)13-12-16-10-11-18-15-21-17(14-20(16)18)7-6-9-22(21)24-2/h6-7,9,12-13,16,18-20,23H,3-5,8,10-11,14-15H2,1-2H3/b13-12+/t16-,18-,19+,20-/m1/s1. The zero-order chi connectivity index (χ0) is 16.9. The lowest BCUT2D eigenvalue weighted by Crippen LogP contribution is -2.25. The number of ether oxygens (including phenoxy) is 1. The molecule has 0 bridgehead atoms. The van der Waals surface area contributed by atoms with Crippen molar-refractivity contribution in [3.63, 3.8) is 0 Å². The summed E-state index contributed by atoms with van der Waals surface area (Å²) in [5.74, 6) is 3.22. The van der Waals surface area contributed by atoms with Gasteiger partial charge in [0.2, 0.25) is 0 Å². The lowest BCUT2D eigenvalue weighted by Gasteiger charge is -2.31. The van der Waals surface area contributed by atoms with Crippen LogP contribution in [0.1, 0.15) is 56.6 Å². The Bertz CT molecular complexity index is 563. The Morgan fingerprint density at radius 1 is 1.25 bits per heavy atom. The smallest absolute Gasteiger partial charge is 0.122 e. The molecule has 0 amide bonds. The molecule has 24 heavy (non-hydrogen) atoms. The summed E-state index contributed by atoms with van der Waals surface area (Å²) in [6, 6.07) is 6.49. The van der Waals surface area contributed by atoms with Gasteiger partial charge in [0.1, 0.15) is 5.75 Å². The Balaban J connectivity index is 1.63. The molecule has 0 aliphatic heterocycles. The molecule has 1 fully saturated rings. The van der Waals surface area contributed by atoms with Crippen LogP contribution in [-0.4, -0.2) is 18.3 Å². The molecular formula is C22H32O2. The van der Waals surface area contributed by atoms with E-state index in [4.69, 9.17) is 4.74 Å². The van der Waals surface area contributed by atoms with Crippen LogP contribution in [0.4, 0.5) is 0 Å². The third-order valence-electron chi connectivity index (χ3n) is 6.08. The fraction of sp³-hybridized carbons (Fsp3) is 0.636. The number of benzene rings is 1. The molecule has 3 rings (SSSR count). The van der Waals surface area contributed by atoms with Crippen LogP contribution in [0, 0.1) is 17.8 Å². The van der Waals surface area contributed by atoms with Crippen LogP contribution in [0.25, 0.3) is 0 Å². The molecule has 0 spiro atoms. The van der Waals surface area contributed by atoms with Gasteiger partial charge in [0, 0.05) is 0 Å². The molecule has 1 aromatic rings. The molecule has 0 unspecified atom stereocenters. The van der Waals surface area contributed by atoms with E-state index in [0.717, 1.165) is 43.3 Å². The molecule has 0 saturated heterocycles. The fourth-order valence-corrected chi connectivity index (χ4v) is 4.71. The van der Waals surface area contributed by atoms with E-state index in [1.165, 1.54) is 36.8 Å². The van der Waals surface area contributed by atoms with Gasteiger partial charge in [-0.25, -0.2) is 0 Å². The van der Waals surface area contributed by atoms with Gasteiger partial charge in [-0.1, -0.05) is 50.5 Å². The maximum Gasteiger partial charge on any atom is 0.122 e. The van der Waals surface area contributed by atoms with Crippen LogP contribution in [0.15, 0.2) is 30.4 Å². The van der Waals surface area contributed by atoms with Crippen molar-refractivity contribution in [2.75, 3.05) is 7.11 Å². The largest absolute Gasteiger partial charge is 0.496 e. The summed E-state index contributed by atoms with van der Waals surface area (Å²) in [7, 11) is 1.78. The summed E-state index contributed by atoms with van der Waals surface area (Å²) >= 11 is 0. The van der Waals surface area contributed by atoms with E-state index in [2.05, 4.69) is 37.3 Å². The molecule has 1 N–H and O–H groups in total. The van der Waals surface area contributed by atoms with E-state index in [0.29, 0.717) is 5.92 Å². The van der Waals surface area contributed by atoms with Crippen molar-refractivity contribution in [1.82, 2.24) is 0 Å². The number of unbranched alkanes of at least 4 members (excludes halogenated alkanes) is 2. The molecule has 2 heteroatoms. The second kappa shape index (κ2) is 8.20. The first kappa shape index (κ1) is 17.5. The Morgan fingerprint density at radius 3 is 2.92 bits per heavy atom. The molecule has 1 aromatic carbocycles. The van der Waals surface area contributed by atoms with Crippen molar-refractivity contribution >= 4 is 0 Å². The normalized spacial score (nSPS) is 27.0. The number of methoxy groups -OCH3 is 1. The topological polar surface area (TPSA) is 29.5 Å². The second-order valence-electron chi connectivity index (χ2n) is 7.62. The molecule has 0 aromatic heterocycles. The third-order valence-corrected chi connectivity index (χ3v) is 6.08. The molecule has 0 radical (unpaired) electrons. The van der Waals surface area contributed by atoms with Gasteiger partial charge in [-0.2, -0.15) is 0 Å². The summed E-state index contributed by atoms with van der Waals surface area (Å²) in [5.41, 5.74) is 2.91. The maximum atomic E-state index is 10.2. The maximum absolute atomic E-state index is 10.2. The highest BCUT2D eigenvalue weighted by Crippen LogP contribution is 2.47. The van der Waals surface area contributed by atoms with Crippen molar-refractivity contribution in [2.24, 2.45) is 17.8 Å². The summed E-state index contributed by atoms with van der Waals surface area (Å²) < 4.78 is 5.57. The lowest BCUT2D eigenvalue weighted by atomic mass is 9.74. The van der Waals surface area contributed by atoms with E-state index in [-0.39, 0.29) is 6.10 Å². The van der Waals surface area contributed by atoms with E-state index >= 15 is 0 Å². The minimum absolute atomic E-state index is 0.258. The average Bonchev–Trinajstić information content (AvgIpc) is 2.99. The first-order valence-corrected chi connectivity index (χ1v) is 9.74. The summed E-state index contributed by atoms with van der Waals surface area (Å²) in [6.07, 6.45) is 13.5. The second-order valence-corrected chi connectivity index (χ2v) is 7.62. The third kappa shape index (κ3) is 3.85. The Kier molecular flexibility index (Phi) is 5.99. The molecule has 0 heterocycles.